The van der Waals surface area contributed by atoms with Crippen LogP contribution in [0.5, 0.6) is 0 Å². The maximum absolute atomic E-state index is 2.52. The van der Waals surface area contributed by atoms with Crippen molar-refractivity contribution in [2.24, 2.45) is 0 Å². The Morgan fingerprint density at radius 1 is 0.320 bits per heavy atom. The first-order chi connectivity index (χ1) is 24.8. The molecule has 2 heteroatoms. The number of rotatable bonds is 3. The van der Waals surface area contributed by atoms with E-state index >= 15 is 0 Å². The van der Waals surface area contributed by atoms with Crippen molar-refractivity contribution < 1.29 is 0 Å². The maximum Gasteiger partial charge on any atom is 0.0619 e. The summed E-state index contributed by atoms with van der Waals surface area (Å²) < 4.78 is 5.00. The lowest BCUT2D eigenvalue weighted by molar-refractivity contribution is 1.17. The predicted octanol–water partition coefficient (Wildman–Crippen LogP) is 12.9. The second-order valence-electron chi connectivity index (χ2n) is 13.3. The highest BCUT2D eigenvalue weighted by Gasteiger charge is 2.28. The summed E-state index contributed by atoms with van der Waals surface area (Å²) in [4.78, 5) is 0. The highest BCUT2D eigenvalue weighted by atomic mass is 15.0. The molecule has 3 heterocycles. The predicted molar refractivity (Wildman–Crippen MR) is 210 cm³/mol. The van der Waals surface area contributed by atoms with Gasteiger partial charge in [0.05, 0.1) is 27.8 Å². The van der Waals surface area contributed by atoms with Crippen LogP contribution in [0.1, 0.15) is 0 Å². The highest BCUT2D eigenvalue weighted by Crippen LogP contribution is 2.50. The Balaban J connectivity index is 1.30. The van der Waals surface area contributed by atoms with Gasteiger partial charge in [-0.15, -0.1) is 0 Å². The fraction of sp³-hybridized carbons (Fsp3) is 0. The zero-order valence-corrected chi connectivity index (χ0v) is 27.2. The van der Waals surface area contributed by atoms with Crippen molar-refractivity contribution in [3.05, 3.63) is 182 Å². The van der Waals surface area contributed by atoms with Gasteiger partial charge >= 0.3 is 0 Å². The van der Waals surface area contributed by atoms with Crippen LogP contribution in [-0.4, -0.2) is 9.13 Å². The molecule has 0 N–H and O–H groups in total. The Bertz CT molecular complexity index is 2900. The van der Waals surface area contributed by atoms with Gasteiger partial charge in [0.2, 0.25) is 0 Å². The van der Waals surface area contributed by atoms with Crippen LogP contribution in [0.4, 0.5) is 0 Å². The Hall–Kier alpha value is -6.64. The zero-order chi connectivity index (χ0) is 32.8. The molecule has 0 saturated carbocycles. The molecular weight excluding hydrogens is 605 g/mol. The second-order valence-corrected chi connectivity index (χ2v) is 13.3. The van der Waals surface area contributed by atoms with Crippen molar-refractivity contribution in [3.63, 3.8) is 0 Å². The number of benzene rings is 8. The van der Waals surface area contributed by atoms with Crippen molar-refractivity contribution in [2.75, 3.05) is 0 Å². The largest absolute Gasteiger partial charge is 0.309 e. The molecular formula is C48H30N2. The molecule has 1 aliphatic rings. The highest BCUT2D eigenvalue weighted by molar-refractivity contribution is 6.22. The van der Waals surface area contributed by atoms with Gasteiger partial charge in [-0.3, -0.25) is 0 Å². The molecule has 2 nitrogen and oxygen atoms in total. The summed E-state index contributed by atoms with van der Waals surface area (Å²) in [5, 5.41) is 5.09. The minimum Gasteiger partial charge on any atom is -0.309 e. The smallest absolute Gasteiger partial charge is 0.0619 e. The van der Waals surface area contributed by atoms with Crippen LogP contribution in [0, 0.1) is 0 Å². The summed E-state index contributed by atoms with van der Waals surface area (Å²) in [5.41, 5.74) is 17.1. The summed E-state index contributed by atoms with van der Waals surface area (Å²) in [6, 6.07) is 66.8. The van der Waals surface area contributed by atoms with Gasteiger partial charge in [0.25, 0.3) is 0 Å². The van der Waals surface area contributed by atoms with Crippen LogP contribution in [0.2, 0.25) is 0 Å². The average molecular weight is 635 g/mol. The topological polar surface area (TPSA) is 9.86 Å². The van der Waals surface area contributed by atoms with Crippen molar-refractivity contribution >= 4 is 43.6 Å². The van der Waals surface area contributed by atoms with Crippen LogP contribution in [0.15, 0.2) is 182 Å². The molecule has 50 heavy (non-hydrogen) atoms. The summed E-state index contributed by atoms with van der Waals surface area (Å²) in [6.45, 7) is 0. The summed E-state index contributed by atoms with van der Waals surface area (Å²) in [6.07, 6.45) is 0. The molecule has 1 aliphatic heterocycles. The molecule has 0 unspecified atom stereocenters. The molecule has 0 spiro atoms. The van der Waals surface area contributed by atoms with E-state index in [2.05, 4.69) is 191 Å². The molecule has 0 aliphatic carbocycles. The SMILES string of the molecule is c1ccc(-c2cc(-c3ccccc3)cc(-n3c4ccccc4c4c5c(ccc43)-n3c4ccccc4c4cccc(c43)-c3ccccc3-5)c2)cc1. The molecule has 0 bridgehead atoms. The van der Waals surface area contributed by atoms with Crippen LogP contribution in [0.25, 0.3) is 99.5 Å². The molecule has 0 fully saturated rings. The van der Waals surface area contributed by atoms with Crippen molar-refractivity contribution in [1.82, 2.24) is 9.13 Å². The van der Waals surface area contributed by atoms with Gasteiger partial charge < -0.3 is 9.13 Å². The van der Waals surface area contributed by atoms with Gasteiger partial charge in [0, 0.05) is 38.4 Å². The third kappa shape index (κ3) is 3.79. The van der Waals surface area contributed by atoms with E-state index in [0.717, 1.165) is 5.69 Å². The standard InChI is InChI=1S/C48H30N2/c1-3-14-31(15-4-1)33-28-34(32-16-5-2-6-17-32)30-35(29-33)49-43-25-12-10-21-41(43)47-44(49)26-27-45-46(47)38-20-8-7-18-36(38)39-22-13-23-40-37-19-9-11-24-42(37)50(45)48(39)40/h1-30H. The summed E-state index contributed by atoms with van der Waals surface area (Å²) in [7, 11) is 0. The van der Waals surface area contributed by atoms with Crippen molar-refractivity contribution in [2.45, 2.75) is 0 Å². The summed E-state index contributed by atoms with van der Waals surface area (Å²) in [5.74, 6) is 0. The van der Waals surface area contributed by atoms with Gasteiger partial charge in [0.1, 0.15) is 0 Å². The van der Waals surface area contributed by atoms with Gasteiger partial charge in [-0.1, -0.05) is 140 Å². The third-order valence-electron chi connectivity index (χ3n) is 10.6. The lowest BCUT2D eigenvalue weighted by Crippen LogP contribution is -1.98. The third-order valence-corrected chi connectivity index (χ3v) is 10.6. The molecule has 0 radical (unpaired) electrons. The number of para-hydroxylation sites is 3. The van der Waals surface area contributed by atoms with Gasteiger partial charge in [-0.2, -0.15) is 0 Å². The molecule has 2 aromatic heterocycles. The van der Waals surface area contributed by atoms with Gasteiger partial charge in [-0.05, 0) is 75.8 Å². The quantitative estimate of drug-likeness (QED) is 0.183. The number of hydrogen-bond donors (Lipinski definition) is 0. The lowest BCUT2D eigenvalue weighted by atomic mass is 9.91. The lowest BCUT2D eigenvalue weighted by Gasteiger charge is -2.16. The second kappa shape index (κ2) is 10.4. The van der Waals surface area contributed by atoms with E-state index in [9.17, 15) is 0 Å². The fourth-order valence-corrected chi connectivity index (χ4v) is 8.54. The van der Waals surface area contributed by atoms with E-state index in [1.54, 1.807) is 0 Å². The Morgan fingerprint density at radius 3 is 1.60 bits per heavy atom. The van der Waals surface area contributed by atoms with Crippen molar-refractivity contribution in [1.29, 1.82) is 0 Å². The number of hydrogen-bond acceptors (Lipinski definition) is 0. The maximum atomic E-state index is 2.52. The first kappa shape index (κ1) is 27.3. The monoisotopic (exact) mass is 634 g/mol. The van der Waals surface area contributed by atoms with Gasteiger partial charge in [-0.25, -0.2) is 0 Å². The average Bonchev–Trinajstić information content (AvgIpc) is 3.67. The molecule has 0 saturated heterocycles. The Kier molecular flexibility index (Phi) is 5.70. The minimum absolute atomic E-state index is 1.15. The molecule has 232 valence electrons. The summed E-state index contributed by atoms with van der Waals surface area (Å²) >= 11 is 0. The van der Waals surface area contributed by atoms with Gasteiger partial charge in [0.15, 0.2) is 0 Å². The zero-order valence-electron chi connectivity index (χ0n) is 27.2. The first-order valence-electron chi connectivity index (χ1n) is 17.3. The van der Waals surface area contributed by atoms with Crippen LogP contribution < -0.4 is 0 Å². The van der Waals surface area contributed by atoms with E-state index in [1.807, 2.05) is 0 Å². The van der Waals surface area contributed by atoms with E-state index in [0.29, 0.717) is 0 Å². The normalized spacial score (nSPS) is 12.0. The van der Waals surface area contributed by atoms with Crippen LogP contribution in [-0.2, 0) is 0 Å². The minimum atomic E-state index is 1.15. The molecule has 8 aromatic carbocycles. The van der Waals surface area contributed by atoms with Crippen molar-refractivity contribution in [3.8, 4) is 55.9 Å². The number of fused-ring (bicyclic) bond motifs is 12. The number of nitrogens with zero attached hydrogens (tertiary/aromatic N) is 2. The van der Waals surface area contributed by atoms with E-state index in [4.69, 9.17) is 0 Å². The Morgan fingerprint density at radius 2 is 0.880 bits per heavy atom. The number of aromatic nitrogens is 2. The molecule has 0 amide bonds. The van der Waals surface area contributed by atoms with E-state index in [-0.39, 0.29) is 0 Å². The first-order valence-corrected chi connectivity index (χ1v) is 17.3. The molecule has 11 rings (SSSR count). The molecule has 10 aromatic rings. The Labute approximate surface area is 289 Å². The molecule has 0 atom stereocenters. The van der Waals surface area contributed by atoms with E-state index in [1.165, 1.54) is 93.8 Å². The van der Waals surface area contributed by atoms with Crippen LogP contribution in [0.3, 0.4) is 0 Å². The fourth-order valence-electron chi connectivity index (χ4n) is 8.54. The van der Waals surface area contributed by atoms with E-state index < -0.39 is 0 Å². The van der Waals surface area contributed by atoms with Crippen LogP contribution >= 0.6 is 0 Å².